The van der Waals surface area contributed by atoms with E-state index in [0.717, 1.165) is 51.4 Å². The second-order valence-corrected chi connectivity index (χ2v) is 15.8. The second kappa shape index (κ2) is 17.5. The van der Waals surface area contributed by atoms with E-state index in [2.05, 4.69) is 0 Å². The van der Waals surface area contributed by atoms with Crippen molar-refractivity contribution in [1.82, 2.24) is 0 Å². The van der Waals surface area contributed by atoms with Crippen molar-refractivity contribution in [3.05, 3.63) is 132 Å². The van der Waals surface area contributed by atoms with Crippen LogP contribution in [0.2, 0.25) is 0 Å². The Morgan fingerprint density at radius 3 is 1.61 bits per heavy atom. The van der Waals surface area contributed by atoms with Crippen LogP contribution in [0, 0.1) is 58.6 Å². The minimum Gasteiger partial charge on any atom is -0.507 e. The summed E-state index contributed by atoms with van der Waals surface area (Å²) in [6, 6.07) is 14.3. The molecule has 2 heterocycles. The molecule has 0 saturated heterocycles. The standard InChI is InChI=1S/C22H20F2O3S.C22H28O4/c1-12-6-13(2)20(14(3)7-12)21-19(25)11-17(27-22(21)26)4-5-28-18-9-15(23)8-16(24)10-18;1-8-9-16-12-17(26-21(24)22(5,6)7)19(20(23)25-16)18-14(3)10-13(2)11-15(18)4/h6-11,25H,4-5H2,1-3H3;10-12H,8-9H2,1-7H3. The van der Waals surface area contributed by atoms with E-state index in [1.165, 1.54) is 30.0 Å². The molecule has 286 valence electrons. The highest BCUT2D eigenvalue weighted by molar-refractivity contribution is 7.99. The first kappa shape index (κ1) is 41.8. The molecule has 5 aromatic rings. The maximum Gasteiger partial charge on any atom is 0.347 e. The Kier molecular flexibility index (Phi) is 13.5. The summed E-state index contributed by atoms with van der Waals surface area (Å²) in [5, 5.41) is 10.5. The highest BCUT2D eigenvalue weighted by Crippen LogP contribution is 2.36. The highest BCUT2D eigenvalue weighted by atomic mass is 32.2. The van der Waals surface area contributed by atoms with Crippen molar-refractivity contribution in [3.63, 3.8) is 0 Å². The summed E-state index contributed by atoms with van der Waals surface area (Å²) in [6.45, 7) is 19.0. The number of thioether (sulfide) groups is 1. The molecule has 0 atom stereocenters. The molecule has 0 aliphatic carbocycles. The number of carbonyl (C=O) groups is 1. The molecule has 0 fully saturated rings. The van der Waals surface area contributed by atoms with Crippen molar-refractivity contribution in [1.29, 1.82) is 0 Å². The van der Waals surface area contributed by atoms with Gasteiger partial charge in [-0.05, 0) is 114 Å². The average Bonchev–Trinajstić information content (AvgIpc) is 3.02. The van der Waals surface area contributed by atoms with E-state index in [4.69, 9.17) is 13.6 Å². The molecule has 2 aromatic heterocycles. The average molecular weight is 759 g/mol. The Morgan fingerprint density at radius 2 is 1.15 bits per heavy atom. The first-order valence-corrected chi connectivity index (χ1v) is 18.8. The third-order valence-electron chi connectivity index (χ3n) is 8.57. The SMILES string of the molecule is CCCc1cc(OC(=O)C(C)(C)C)c(-c2c(C)cc(C)cc2C)c(=O)o1.Cc1cc(C)c(-c2c(O)cc(CCSc3cc(F)cc(F)c3)oc2=O)c(C)c1. The van der Waals surface area contributed by atoms with Gasteiger partial charge in [-0.25, -0.2) is 18.4 Å². The topological polar surface area (TPSA) is 107 Å². The molecule has 3 aromatic carbocycles. The van der Waals surface area contributed by atoms with Crippen molar-refractivity contribution < 1.29 is 32.3 Å². The minimum absolute atomic E-state index is 0.136. The normalized spacial score (nSPS) is 11.3. The summed E-state index contributed by atoms with van der Waals surface area (Å²) < 4.78 is 43.0. The number of aryl methyl sites for hydroxylation is 8. The van der Waals surface area contributed by atoms with Crippen molar-refractivity contribution in [2.75, 3.05) is 5.75 Å². The van der Waals surface area contributed by atoms with Gasteiger partial charge in [0.05, 0.1) is 5.41 Å². The zero-order chi connectivity index (χ0) is 40.1. The van der Waals surface area contributed by atoms with Gasteiger partial charge in [0, 0.05) is 41.7 Å². The van der Waals surface area contributed by atoms with Crippen molar-refractivity contribution in [2.45, 2.75) is 93.4 Å². The number of carbonyl (C=O) groups excluding carboxylic acids is 1. The summed E-state index contributed by atoms with van der Waals surface area (Å²) >= 11 is 1.24. The molecule has 0 amide bonds. The first-order chi connectivity index (χ1) is 25.3. The lowest BCUT2D eigenvalue weighted by molar-refractivity contribution is -0.142. The van der Waals surface area contributed by atoms with E-state index < -0.39 is 28.3 Å². The first-order valence-electron chi connectivity index (χ1n) is 17.8. The van der Waals surface area contributed by atoms with Gasteiger partial charge in [0.1, 0.15) is 45.8 Å². The maximum absolute atomic E-state index is 13.2. The van der Waals surface area contributed by atoms with Crippen molar-refractivity contribution in [2.24, 2.45) is 5.41 Å². The van der Waals surface area contributed by atoms with Gasteiger partial charge in [0.2, 0.25) is 0 Å². The number of benzene rings is 3. The van der Waals surface area contributed by atoms with Crippen LogP contribution in [0.1, 0.15) is 79.0 Å². The van der Waals surface area contributed by atoms with E-state index in [9.17, 15) is 28.3 Å². The van der Waals surface area contributed by atoms with Gasteiger partial charge in [-0.2, -0.15) is 0 Å². The van der Waals surface area contributed by atoms with E-state index in [1.54, 1.807) is 26.8 Å². The van der Waals surface area contributed by atoms with Crippen LogP contribution in [-0.4, -0.2) is 16.8 Å². The fourth-order valence-electron chi connectivity index (χ4n) is 6.36. The fraction of sp³-hybridized carbons (Fsp3) is 0.341. The van der Waals surface area contributed by atoms with Crippen LogP contribution in [0.25, 0.3) is 22.3 Å². The van der Waals surface area contributed by atoms with Gasteiger partial charge in [-0.3, -0.25) is 4.79 Å². The molecular weight excluding hydrogens is 711 g/mol. The lowest BCUT2D eigenvalue weighted by atomic mass is 9.93. The molecule has 0 bridgehead atoms. The lowest BCUT2D eigenvalue weighted by Crippen LogP contribution is -2.26. The van der Waals surface area contributed by atoms with Crippen LogP contribution >= 0.6 is 11.8 Å². The van der Waals surface area contributed by atoms with Crippen LogP contribution in [-0.2, 0) is 17.6 Å². The van der Waals surface area contributed by atoms with Gasteiger partial charge in [0.25, 0.3) is 0 Å². The molecule has 0 aliphatic rings. The molecule has 1 N–H and O–H groups in total. The molecule has 5 rings (SSSR count). The highest BCUT2D eigenvalue weighted by Gasteiger charge is 2.27. The van der Waals surface area contributed by atoms with E-state index in [-0.39, 0.29) is 23.0 Å². The van der Waals surface area contributed by atoms with Crippen LogP contribution in [0.15, 0.2) is 77.9 Å². The van der Waals surface area contributed by atoms with Crippen LogP contribution in [0.5, 0.6) is 11.5 Å². The lowest BCUT2D eigenvalue weighted by Gasteiger charge is -2.19. The summed E-state index contributed by atoms with van der Waals surface area (Å²) in [4.78, 5) is 38.3. The van der Waals surface area contributed by atoms with Gasteiger partial charge < -0.3 is 18.7 Å². The maximum atomic E-state index is 13.2. The third-order valence-corrected chi connectivity index (χ3v) is 9.54. The Balaban J connectivity index is 0.000000241. The third kappa shape index (κ3) is 10.4. The number of halogens is 2. The monoisotopic (exact) mass is 758 g/mol. The smallest absolute Gasteiger partial charge is 0.347 e. The predicted octanol–water partition coefficient (Wildman–Crippen LogP) is 10.7. The minimum atomic E-state index is -0.671. The van der Waals surface area contributed by atoms with Crippen LogP contribution < -0.4 is 16.0 Å². The number of rotatable bonds is 9. The molecule has 0 unspecified atom stereocenters. The van der Waals surface area contributed by atoms with Gasteiger partial charge >= 0.3 is 17.2 Å². The summed E-state index contributed by atoms with van der Waals surface area (Å²) in [7, 11) is 0. The van der Waals surface area contributed by atoms with Gasteiger partial charge in [-0.1, -0.05) is 42.3 Å². The number of hydrogen-bond acceptors (Lipinski definition) is 8. The summed E-state index contributed by atoms with van der Waals surface area (Å²) in [5.74, 6) is -0.233. The zero-order valence-electron chi connectivity index (χ0n) is 32.6. The Hall–Kier alpha value is -4.96. The summed E-state index contributed by atoms with van der Waals surface area (Å²) in [6.07, 6.45) is 1.77. The molecule has 0 spiro atoms. The van der Waals surface area contributed by atoms with Crippen molar-refractivity contribution in [3.8, 4) is 33.8 Å². The van der Waals surface area contributed by atoms with E-state index in [0.29, 0.717) is 46.1 Å². The quantitative estimate of drug-likeness (QED) is 0.117. The Bertz CT molecular complexity index is 2230. The number of hydrogen-bond donors (Lipinski definition) is 1. The van der Waals surface area contributed by atoms with Gasteiger partial charge in [0.15, 0.2) is 0 Å². The molecule has 10 heteroatoms. The molecule has 0 aliphatic heterocycles. The molecule has 0 radical (unpaired) electrons. The number of esters is 1. The van der Waals surface area contributed by atoms with Crippen LogP contribution in [0.3, 0.4) is 0 Å². The predicted molar refractivity (Wildman–Crippen MR) is 211 cm³/mol. The number of aromatic hydroxyl groups is 1. The molecular formula is C44H48F2O7S. The Labute approximate surface area is 319 Å². The van der Waals surface area contributed by atoms with Crippen LogP contribution in [0.4, 0.5) is 8.78 Å². The zero-order valence-corrected chi connectivity index (χ0v) is 33.4. The van der Waals surface area contributed by atoms with E-state index >= 15 is 0 Å². The molecule has 7 nitrogen and oxygen atoms in total. The molecule has 54 heavy (non-hydrogen) atoms. The fourth-order valence-corrected chi connectivity index (χ4v) is 7.29. The summed E-state index contributed by atoms with van der Waals surface area (Å²) in [5.41, 5.74) is 6.03. The number of ether oxygens (including phenoxy) is 1. The Morgan fingerprint density at radius 1 is 0.685 bits per heavy atom. The second-order valence-electron chi connectivity index (χ2n) is 14.6. The van der Waals surface area contributed by atoms with E-state index in [1.807, 2.05) is 72.7 Å². The molecule has 0 saturated carbocycles. The van der Waals surface area contributed by atoms with Gasteiger partial charge in [-0.15, -0.1) is 11.8 Å². The van der Waals surface area contributed by atoms with Crippen molar-refractivity contribution >= 4 is 17.7 Å². The largest absolute Gasteiger partial charge is 0.507 e.